The molecule has 68 heavy (non-hydrogen) atoms. The zero-order valence-electron chi connectivity index (χ0n) is 41.6. The predicted molar refractivity (Wildman–Crippen MR) is 280 cm³/mol. The average molecular weight is 915 g/mol. The number of hydrogen-bond donors (Lipinski definition) is 1. The van der Waals surface area contributed by atoms with Gasteiger partial charge in [0.05, 0.1) is 0 Å². The third-order valence-electron chi connectivity index (χ3n) is 11.0. The summed E-state index contributed by atoms with van der Waals surface area (Å²) in [6.07, 6.45) is 2.10. The van der Waals surface area contributed by atoms with Gasteiger partial charge in [-0.3, -0.25) is 9.59 Å². The molecule has 0 aliphatic heterocycles. The van der Waals surface area contributed by atoms with E-state index in [0.717, 1.165) is 93.3 Å². The first-order valence-electron chi connectivity index (χ1n) is 23.6. The van der Waals surface area contributed by atoms with Crippen molar-refractivity contribution in [3.63, 3.8) is 0 Å². The highest BCUT2D eigenvalue weighted by Gasteiger charge is 2.21. The molecule has 0 atom stereocenters. The van der Waals surface area contributed by atoms with Gasteiger partial charge in [0.15, 0.2) is 11.6 Å². The van der Waals surface area contributed by atoms with Crippen molar-refractivity contribution in [2.45, 2.75) is 65.9 Å². The number of rotatable bonds is 21. The summed E-state index contributed by atoms with van der Waals surface area (Å²) in [5.41, 5.74) is 8.97. The molecule has 0 amide bonds. The van der Waals surface area contributed by atoms with Gasteiger partial charge in [0.25, 0.3) is 0 Å². The predicted octanol–water partition coefficient (Wildman–Crippen LogP) is 12.4. The molecule has 6 rings (SSSR count). The largest absolute Gasteiger partial charge is 0.508 e. The molecule has 0 unspecified atom stereocenters. The SMILES string of the molecule is CCC(=C(C(=O)Cc1ccc(OCCN(C)C)cc1)c1ccc(O)cc1)c1ccccc1.CCC(=C(C(=O)Cc1ccc(OCCN(C)C)cc1)c1ccc(OC(C)(C)C)cc1)c1ccccc1. The topological polar surface area (TPSA) is 88.5 Å². The molecule has 8 nitrogen and oxygen atoms in total. The molecule has 0 aliphatic carbocycles. The maximum Gasteiger partial charge on any atom is 0.168 e. The Morgan fingerprint density at radius 3 is 1.16 bits per heavy atom. The van der Waals surface area contributed by atoms with Crippen LogP contribution in [-0.4, -0.2) is 86.6 Å². The molecule has 6 aromatic carbocycles. The van der Waals surface area contributed by atoms with Gasteiger partial charge >= 0.3 is 0 Å². The van der Waals surface area contributed by atoms with Crippen molar-refractivity contribution in [1.29, 1.82) is 0 Å². The molecule has 0 saturated heterocycles. The quantitative estimate of drug-likeness (QED) is 0.0564. The number of ketones is 2. The van der Waals surface area contributed by atoms with Crippen LogP contribution in [-0.2, 0) is 22.4 Å². The number of allylic oxidation sites excluding steroid dienone is 4. The lowest BCUT2D eigenvalue weighted by Gasteiger charge is -2.21. The van der Waals surface area contributed by atoms with Gasteiger partial charge in [-0.15, -0.1) is 0 Å². The minimum absolute atomic E-state index is 0.0534. The lowest BCUT2D eigenvalue weighted by molar-refractivity contribution is -0.113. The summed E-state index contributed by atoms with van der Waals surface area (Å²) >= 11 is 0. The number of carbonyl (C=O) groups excluding carboxylic acids is 2. The highest BCUT2D eigenvalue weighted by atomic mass is 16.5. The second-order valence-electron chi connectivity index (χ2n) is 18.2. The molecule has 0 aliphatic rings. The van der Waals surface area contributed by atoms with Crippen LogP contribution in [0, 0.1) is 0 Å². The number of phenolic OH excluding ortho intramolecular Hbond substituents is 1. The summed E-state index contributed by atoms with van der Waals surface area (Å²) in [5.74, 6) is 2.75. The normalized spacial score (nSPS) is 12.1. The smallest absolute Gasteiger partial charge is 0.168 e. The Labute approximate surface area is 405 Å². The molecular weight excluding hydrogens is 845 g/mol. The maximum atomic E-state index is 13.8. The number of phenols is 1. The Balaban J connectivity index is 0.000000256. The molecular formula is C60H70N2O6. The first-order chi connectivity index (χ1) is 32.6. The summed E-state index contributed by atoms with van der Waals surface area (Å²) in [6, 6.07) is 50.5. The zero-order chi connectivity index (χ0) is 49.1. The number of nitrogens with zero attached hydrogens (tertiary/aromatic N) is 2. The number of likely N-dealkylation sites (N-methyl/N-ethyl adjacent to an activating group) is 2. The molecule has 0 aromatic heterocycles. The standard InChI is InChI=1S/C32H39NO3.C28H31NO3/c1-7-29(25-11-9-8-10-12-25)31(26-15-19-28(20-16-26)36-32(2,3)4)30(34)23-24-13-17-27(18-14-24)35-22-21-33(5)6;1-4-26(22-8-6-5-7-9-22)28(23-12-14-24(30)15-13-23)27(31)20-21-10-16-25(17-11-21)32-19-18-29(2)3/h8-20H,7,21-23H2,1-6H3;5-17,30H,4,18-20H2,1-3H3. The van der Waals surface area contributed by atoms with Crippen molar-refractivity contribution in [3.05, 3.63) is 191 Å². The molecule has 0 bridgehead atoms. The van der Waals surface area contributed by atoms with E-state index in [1.807, 2.05) is 182 Å². The fraction of sp³-hybridized carbons (Fsp3) is 0.300. The lowest BCUT2D eigenvalue weighted by atomic mass is 9.88. The summed E-state index contributed by atoms with van der Waals surface area (Å²) in [7, 11) is 8.07. The summed E-state index contributed by atoms with van der Waals surface area (Å²) < 4.78 is 17.6. The van der Waals surface area contributed by atoms with Gasteiger partial charge < -0.3 is 29.1 Å². The molecule has 0 spiro atoms. The number of aromatic hydroxyl groups is 1. The van der Waals surface area contributed by atoms with E-state index in [2.05, 4.69) is 35.8 Å². The van der Waals surface area contributed by atoms with Gasteiger partial charge in [0.1, 0.15) is 41.8 Å². The summed E-state index contributed by atoms with van der Waals surface area (Å²) in [5, 5.41) is 9.73. The number of Topliss-reactive ketones (excluding diaryl/α,β-unsaturated/α-hetero) is 2. The van der Waals surface area contributed by atoms with Gasteiger partial charge in [0, 0.05) is 37.1 Å². The fourth-order valence-electron chi connectivity index (χ4n) is 7.65. The van der Waals surface area contributed by atoms with Crippen LogP contribution < -0.4 is 14.2 Å². The third-order valence-corrected chi connectivity index (χ3v) is 11.0. The number of ether oxygens (including phenoxy) is 3. The minimum atomic E-state index is -0.281. The third kappa shape index (κ3) is 16.5. The van der Waals surface area contributed by atoms with Crippen molar-refractivity contribution in [3.8, 4) is 23.0 Å². The van der Waals surface area contributed by atoms with Crippen LogP contribution in [0.4, 0.5) is 0 Å². The van der Waals surface area contributed by atoms with Gasteiger partial charge in [-0.25, -0.2) is 0 Å². The molecule has 356 valence electrons. The molecule has 0 fully saturated rings. The van der Waals surface area contributed by atoms with Crippen molar-refractivity contribution < 1.29 is 28.9 Å². The molecule has 0 heterocycles. The monoisotopic (exact) mass is 915 g/mol. The first-order valence-corrected chi connectivity index (χ1v) is 23.6. The molecule has 0 saturated carbocycles. The van der Waals surface area contributed by atoms with E-state index in [1.165, 1.54) is 0 Å². The first kappa shape index (κ1) is 52.2. The van der Waals surface area contributed by atoms with E-state index >= 15 is 0 Å². The molecule has 0 radical (unpaired) electrons. The minimum Gasteiger partial charge on any atom is -0.508 e. The molecule has 6 aromatic rings. The highest BCUT2D eigenvalue weighted by molar-refractivity contribution is 6.29. The van der Waals surface area contributed by atoms with E-state index in [-0.39, 0.29) is 22.9 Å². The number of benzene rings is 6. The van der Waals surface area contributed by atoms with Crippen LogP contribution in [0.2, 0.25) is 0 Å². The Kier molecular flexibility index (Phi) is 20.0. The van der Waals surface area contributed by atoms with Gasteiger partial charge in [0.2, 0.25) is 0 Å². The van der Waals surface area contributed by atoms with Crippen LogP contribution in [0.5, 0.6) is 23.0 Å². The van der Waals surface area contributed by atoms with Crippen molar-refractivity contribution in [2.24, 2.45) is 0 Å². The Morgan fingerprint density at radius 2 is 0.824 bits per heavy atom. The maximum absolute atomic E-state index is 13.8. The average Bonchev–Trinajstić information content (AvgIpc) is 3.32. The lowest BCUT2D eigenvalue weighted by Crippen LogP contribution is -2.22. The van der Waals surface area contributed by atoms with Crippen LogP contribution in [0.1, 0.15) is 80.8 Å². The van der Waals surface area contributed by atoms with E-state index in [0.29, 0.717) is 31.6 Å². The highest BCUT2D eigenvalue weighted by Crippen LogP contribution is 2.34. The number of hydrogen-bond acceptors (Lipinski definition) is 8. The van der Waals surface area contributed by atoms with Crippen LogP contribution in [0.15, 0.2) is 158 Å². The van der Waals surface area contributed by atoms with Gasteiger partial charge in [-0.1, -0.05) is 123 Å². The van der Waals surface area contributed by atoms with Crippen LogP contribution in [0.3, 0.4) is 0 Å². The van der Waals surface area contributed by atoms with Crippen molar-refractivity contribution >= 4 is 33.9 Å². The summed E-state index contributed by atoms with van der Waals surface area (Å²) in [6.45, 7) is 13.2. The van der Waals surface area contributed by atoms with Crippen molar-refractivity contribution in [2.75, 3.05) is 54.5 Å². The Bertz CT molecular complexity index is 2540. The Hall–Kier alpha value is -6.74. The van der Waals surface area contributed by atoms with E-state index < -0.39 is 0 Å². The molecule has 8 heteroatoms. The second kappa shape index (κ2) is 26.0. The van der Waals surface area contributed by atoms with Crippen LogP contribution in [0.25, 0.3) is 22.3 Å². The number of carbonyl (C=O) groups is 2. The summed E-state index contributed by atoms with van der Waals surface area (Å²) in [4.78, 5) is 31.5. The second-order valence-corrected chi connectivity index (χ2v) is 18.2. The Morgan fingerprint density at radius 1 is 0.471 bits per heavy atom. The van der Waals surface area contributed by atoms with E-state index in [9.17, 15) is 14.7 Å². The van der Waals surface area contributed by atoms with Crippen LogP contribution >= 0.6 is 0 Å². The van der Waals surface area contributed by atoms with Gasteiger partial charge in [-0.05, 0) is 155 Å². The van der Waals surface area contributed by atoms with Crippen molar-refractivity contribution in [1.82, 2.24) is 9.80 Å². The fourth-order valence-corrected chi connectivity index (χ4v) is 7.65. The van der Waals surface area contributed by atoms with E-state index in [4.69, 9.17) is 14.2 Å². The molecule has 1 N–H and O–H groups in total. The van der Waals surface area contributed by atoms with Gasteiger partial charge in [-0.2, -0.15) is 0 Å². The van der Waals surface area contributed by atoms with E-state index in [1.54, 1.807) is 12.1 Å². The zero-order valence-corrected chi connectivity index (χ0v) is 41.6.